The second-order valence-electron chi connectivity index (χ2n) is 9.34. The SMILES string of the molecule is CC[n+]1c(/C=C2\C(=O)C(C=C3N(CC(=O)O)c4ccccc4C3(C)C)=C2[O-])ccc2ccccc21. The van der Waals surface area contributed by atoms with Crippen LogP contribution in [-0.2, 0) is 21.5 Å². The summed E-state index contributed by atoms with van der Waals surface area (Å²) in [6, 6.07) is 19.5. The minimum Gasteiger partial charge on any atom is -0.871 e. The van der Waals surface area contributed by atoms with Gasteiger partial charge in [0.15, 0.2) is 5.78 Å². The van der Waals surface area contributed by atoms with Crippen LogP contribution in [0.2, 0.25) is 0 Å². The summed E-state index contributed by atoms with van der Waals surface area (Å²) < 4.78 is 2.07. The summed E-state index contributed by atoms with van der Waals surface area (Å²) in [7, 11) is 0. The van der Waals surface area contributed by atoms with Crippen LogP contribution in [0.5, 0.6) is 0 Å². The molecule has 2 heterocycles. The summed E-state index contributed by atoms with van der Waals surface area (Å²) in [5.74, 6) is -1.62. The van der Waals surface area contributed by atoms with Gasteiger partial charge in [0, 0.05) is 51.5 Å². The number of benzene rings is 2. The normalized spacial score (nSPS) is 18.9. The van der Waals surface area contributed by atoms with Crippen molar-refractivity contribution in [2.75, 3.05) is 11.4 Å². The molecule has 6 heteroatoms. The minimum atomic E-state index is -0.985. The topological polar surface area (TPSA) is 84.5 Å². The van der Waals surface area contributed by atoms with Crippen LogP contribution in [0.4, 0.5) is 5.69 Å². The molecule has 3 aromatic rings. The van der Waals surface area contributed by atoms with Crippen LogP contribution in [0, 0.1) is 0 Å². The van der Waals surface area contributed by atoms with E-state index in [0.717, 1.165) is 27.8 Å². The standard InChI is InChI=1S/C29H26N2O4/c1-4-30-19(14-13-18-9-5-7-11-23(18)30)15-20-27(34)21(28(20)35)16-25-29(2,3)22-10-6-8-12-24(22)31(25)17-26(32)33/h5-16H,4,17H2,1-3H3,(H-,32,33,34,35). The Morgan fingerprint density at radius 2 is 1.77 bits per heavy atom. The van der Waals surface area contributed by atoms with Crippen LogP contribution < -0.4 is 14.6 Å². The lowest BCUT2D eigenvalue weighted by Gasteiger charge is -2.32. The number of Topliss-reactive ketones (excluding diaryl/α,β-unsaturated/α-hetero) is 1. The number of carboxylic acid groups (broad SMARTS) is 1. The van der Waals surface area contributed by atoms with Crippen molar-refractivity contribution in [1.29, 1.82) is 0 Å². The van der Waals surface area contributed by atoms with E-state index in [-0.39, 0.29) is 29.2 Å². The van der Waals surface area contributed by atoms with E-state index in [0.29, 0.717) is 12.2 Å². The number of carboxylic acids is 1. The molecule has 0 amide bonds. The van der Waals surface area contributed by atoms with Crippen molar-refractivity contribution in [3.05, 3.63) is 101 Å². The van der Waals surface area contributed by atoms with Crippen LogP contribution in [-0.4, -0.2) is 23.4 Å². The minimum absolute atomic E-state index is 0.0892. The van der Waals surface area contributed by atoms with Gasteiger partial charge in [-0.25, -0.2) is 0 Å². The van der Waals surface area contributed by atoms with Crippen LogP contribution in [0.1, 0.15) is 32.0 Å². The smallest absolute Gasteiger partial charge is 0.323 e. The number of carbonyl (C=O) groups is 2. The summed E-state index contributed by atoms with van der Waals surface area (Å²) >= 11 is 0. The number of nitrogens with zero attached hydrogens (tertiary/aromatic N) is 2. The van der Waals surface area contributed by atoms with E-state index >= 15 is 0 Å². The summed E-state index contributed by atoms with van der Waals surface area (Å²) in [4.78, 5) is 26.4. The number of allylic oxidation sites excluding steroid dienone is 4. The Hall–Kier alpha value is -4.19. The van der Waals surface area contributed by atoms with E-state index in [1.807, 2.05) is 81.4 Å². The first-order valence-corrected chi connectivity index (χ1v) is 11.6. The second kappa shape index (κ2) is 8.24. The zero-order chi connectivity index (χ0) is 24.9. The molecule has 1 aliphatic carbocycles. The highest BCUT2D eigenvalue weighted by Gasteiger charge is 2.41. The number of aliphatic carboxylic acids is 1. The molecule has 2 aromatic carbocycles. The molecule has 1 aliphatic heterocycles. The molecular formula is C29H26N2O4. The molecule has 0 radical (unpaired) electrons. The van der Waals surface area contributed by atoms with Gasteiger partial charge in [0.2, 0.25) is 11.2 Å². The Bertz CT molecular complexity index is 1490. The van der Waals surface area contributed by atoms with E-state index in [9.17, 15) is 19.8 Å². The van der Waals surface area contributed by atoms with Crippen molar-refractivity contribution < 1.29 is 24.4 Å². The Kier molecular flexibility index (Phi) is 5.32. The number of fused-ring (bicyclic) bond motifs is 2. The fourth-order valence-electron chi connectivity index (χ4n) is 5.14. The highest BCUT2D eigenvalue weighted by molar-refractivity contribution is 6.23. The molecule has 0 bridgehead atoms. The number of hydrogen-bond acceptors (Lipinski definition) is 4. The molecule has 0 unspecified atom stereocenters. The van der Waals surface area contributed by atoms with E-state index in [1.54, 1.807) is 17.1 Å². The monoisotopic (exact) mass is 466 g/mol. The number of carbonyl (C=O) groups excluding carboxylic acids is 1. The molecule has 6 nitrogen and oxygen atoms in total. The summed E-state index contributed by atoms with van der Waals surface area (Å²) in [5.41, 5.74) is 3.87. The van der Waals surface area contributed by atoms with Crippen LogP contribution in [0.15, 0.2) is 89.3 Å². The Morgan fingerprint density at radius 1 is 1.06 bits per heavy atom. The average Bonchev–Trinajstić information content (AvgIpc) is 3.06. The molecule has 0 saturated carbocycles. The average molecular weight is 467 g/mol. The maximum Gasteiger partial charge on any atom is 0.323 e. The van der Waals surface area contributed by atoms with E-state index in [2.05, 4.69) is 4.57 Å². The predicted molar refractivity (Wildman–Crippen MR) is 132 cm³/mol. The van der Waals surface area contributed by atoms with Crippen molar-refractivity contribution in [2.45, 2.75) is 32.7 Å². The molecule has 0 saturated heterocycles. The largest absolute Gasteiger partial charge is 0.871 e. The lowest BCUT2D eigenvalue weighted by atomic mass is 9.80. The fourth-order valence-corrected chi connectivity index (χ4v) is 5.14. The third-order valence-corrected chi connectivity index (χ3v) is 6.93. The number of ketones is 1. The highest BCUT2D eigenvalue weighted by atomic mass is 16.4. The van der Waals surface area contributed by atoms with Crippen molar-refractivity contribution in [1.82, 2.24) is 0 Å². The molecule has 0 fully saturated rings. The maximum absolute atomic E-state index is 13.1. The van der Waals surface area contributed by atoms with Gasteiger partial charge in [-0.2, -0.15) is 4.57 Å². The molecule has 176 valence electrons. The van der Waals surface area contributed by atoms with Gasteiger partial charge in [-0.3, -0.25) is 9.59 Å². The number of para-hydroxylation sites is 2. The van der Waals surface area contributed by atoms with Gasteiger partial charge >= 0.3 is 5.97 Å². The van der Waals surface area contributed by atoms with Gasteiger partial charge in [-0.05, 0) is 36.8 Å². The Labute approximate surface area is 203 Å². The zero-order valence-electron chi connectivity index (χ0n) is 19.9. The van der Waals surface area contributed by atoms with Gasteiger partial charge in [0.1, 0.15) is 13.1 Å². The van der Waals surface area contributed by atoms with Crippen LogP contribution >= 0.6 is 0 Å². The first kappa shape index (κ1) is 22.6. The summed E-state index contributed by atoms with van der Waals surface area (Å²) in [6.07, 6.45) is 3.24. The van der Waals surface area contributed by atoms with Crippen molar-refractivity contribution >= 4 is 34.4 Å². The number of rotatable bonds is 5. The molecule has 1 aromatic heterocycles. The predicted octanol–water partition coefficient (Wildman–Crippen LogP) is 3.49. The van der Waals surface area contributed by atoms with Crippen molar-refractivity contribution in [2.24, 2.45) is 0 Å². The lowest BCUT2D eigenvalue weighted by Crippen LogP contribution is -2.38. The van der Waals surface area contributed by atoms with Crippen LogP contribution in [0.3, 0.4) is 0 Å². The maximum atomic E-state index is 13.1. The number of anilines is 1. The Balaban J connectivity index is 1.58. The van der Waals surface area contributed by atoms with E-state index < -0.39 is 11.4 Å². The zero-order valence-corrected chi connectivity index (χ0v) is 19.9. The number of pyridine rings is 1. The summed E-state index contributed by atoms with van der Waals surface area (Å²) in [6.45, 7) is 6.42. The van der Waals surface area contributed by atoms with Gasteiger partial charge in [-0.1, -0.05) is 49.9 Å². The van der Waals surface area contributed by atoms with E-state index in [4.69, 9.17) is 0 Å². The van der Waals surface area contributed by atoms with Gasteiger partial charge in [0.25, 0.3) is 0 Å². The van der Waals surface area contributed by atoms with Gasteiger partial charge in [0.05, 0.1) is 0 Å². The molecule has 2 aliphatic rings. The fraction of sp³-hybridized carbons (Fsp3) is 0.207. The molecule has 5 rings (SSSR count). The van der Waals surface area contributed by atoms with Crippen LogP contribution in [0.25, 0.3) is 17.0 Å². The summed E-state index contributed by atoms with van der Waals surface area (Å²) in [5, 5.41) is 23.7. The third kappa shape index (κ3) is 3.53. The quantitative estimate of drug-likeness (QED) is 0.460. The first-order valence-electron chi connectivity index (χ1n) is 11.6. The van der Waals surface area contributed by atoms with Gasteiger partial charge in [-0.15, -0.1) is 0 Å². The molecule has 0 atom stereocenters. The number of aromatic nitrogens is 1. The molecule has 0 spiro atoms. The lowest BCUT2D eigenvalue weighted by molar-refractivity contribution is -0.669. The van der Waals surface area contributed by atoms with E-state index in [1.165, 1.54) is 0 Å². The van der Waals surface area contributed by atoms with Crippen molar-refractivity contribution in [3.63, 3.8) is 0 Å². The number of aryl methyl sites for hydroxylation is 1. The molecule has 1 N–H and O–H groups in total. The second-order valence-corrected chi connectivity index (χ2v) is 9.34. The third-order valence-electron chi connectivity index (χ3n) is 6.93. The van der Waals surface area contributed by atoms with Crippen molar-refractivity contribution in [3.8, 4) is 0 Å². The Morgan fingerprint density at radius 3 is 2.49 bits per heavy atom. The first-order chi connectivity index (χ1) is 16.7. The molecule has 35 heavy (non-hydrogen) atoms. The highest BCUT2D eigenvalue weighted by Crippen LogP contribution is 2.48. The molecular weight excluding hydrogens is 440 g/mol. The van der Waals surface area contributed by atoms with Gasteiger partial charge < -0.3 is 15.1 Å². The number of hydrogen-bond donors (Lipinski definition) is 1.